The predicted octanol–water partition coefficient (Wildman–Crippen LogP) is 2.52. The van der Waals surface area contributed by atoms with Gasteiger partial charge in [-0.3, -0.25) is 0 Å². The molecule has 19 heavy (non-hydrogen) atoms. The van der Waals surface area contributed by atoms with E-state index in [1.165, 1.54) is 18.9 Å². The summed E-state index contributed by atoms with van der Waals surface area (Å²) >= 11 is 0. The first-order valence-corrected chi connectivity index (χ1v) is 6.79. The number of hydrogen-bond acceptors (Lipinski definition) is 3. The Balaban J connectivity index is 2.24. The lowest BCUT2D eigenvalue weighted by atomic mass is 9.89. The molecule has 0 amide bonds. The maximum Gasteiger partial charge on any atom is 0.127 e. The molecule has 1 aliphatic rings. The average molecular weight is 267 g/mol. The van der Waals surface area contributed by atoms with E-state index in [1.807, 2.05) is 0 Å². The van der Waals surface area contributed by atoms with E-state index in [2.05, 4.69) is 5.32 Å². The highest BCUT2D eigenvalue weighted by molar-refractivity contribution is 5.41. The van der Waals surface area contributed by atoms with E-state index >= 15 is 0 Å². The molecule has 0 aromatic heterocycles. The van der Waals surface area contributed by atoms with Gasteiger partial charge in [-0.25, -0.2) is 4.39 Å². The molecule has 0 saturated carbocycles. The minimum Gasteiger partial charge on any atom is -0.496 e. The topological polar surface area (TPSA) is 30.5 Å². The van der Waals surface area contributed by atoms with E-state index in [9.17, 15) is 4.39 Å². The summed E-state index contributed by atoms with van der Waals surface area (Å²) < 4.78 is 24.1. The van der Waals surface area contributed by atoms with Crippen LogP contribution in [0.4, 0.5) is 4.39 Å². The average Bonchev–Trinajstić information content (AvgIpc) is 2.43. The lowest BCUT2D eigenvalue weighted by Gasteiger charge is -2.24. The van der Waals surface area contributed by atoms with Crippen LogP contribution in [0.1, 0.15) is 24.0 Å². The van der Waals surface area contributed by atoms with Gasteiger partial charge in [-0.15, -0.1) is 0 Å². The van der Waals surface area contributed by atoms with Crippen LogP contribution in [0.2, 0.25) is 0 Å². The molecule has 3 nitrogen and oxygen atoms in total. The van der Waals surface area contributed by atoms with Crippen LogP contribution in [0.15, 0.2) is 12.1 Å². The standard InChI is InChI=1S/C15H22FNO2/c1-18-10-12-7-13(16)8-15(19-2)14(12)6-11-4-3-5-17-9-11/h7-8,11,17H,3-6,9-10H2,1-2H3. The first-order chi connectivity index (χ1) is 9.24. The van der Waals surface area contributed by atoms with Gasteiger partial charge in [-0.1, -0.05) is 0 Å². The molecule has 0 spiro atoms. The van der Waals surface area contributed by atoms with Gasteiger partial charge in [0.1, 0.15) is 11.6 Å². The zero-order valence-corrected chi connectivity index (χ0v) is 11.7. The Morgan fingerprint density at radius 3 is 2.84 bits per heavy atom. The number of methoxy groups -OCH3 is 2. The van der Waals surface area contributed by atoms with E-state index in [4.69, 9.17) is 9.47 Å². The van der Waals surface area contributed by atoms with Gasteiger partial charge in [-0.05, 0) is 49.9 Å². The van der Waals surface area contributed by atoms with Crippen molar-refractivity contribution < 1.29 is 13.9 Å². The molecule has 1 saturated heterocycles. The molecule has 1 aromatic carbocycles. The summed E-state index contributed by atoms with van der Waals surface area (Å²) in [5, 5.41) is 3.41. The van der Waals surface area contributed by atoms with Gasteiger partial charge in [0, 0.05) is 18.7 Å². The molecule has 1 aliphatic heterocycles. The largest absolute Gasteiger partial charge is 0.496 e. The smallest absolute Gasteiger partial charge is 0.127 e. The number of rotatable bonds is 5. The summed E-state index contributed by atoms with van der Waals surface area (Å²) in [7, 11) is 3.22. The number of benzene rings is 1. The minimum absolute atomic E-state index is 0.269. The molecule has 0 bridgehead atoms. The van der Waals surface area contributed by atoms with Crippen LogP contribution in [0.5, 0.6) is 5.75 Å². The maximum atomic E-state index is 13.5. The molecule has 2 rings (SSSR count). The van der Waals surface area contributed by atoms with E-state index < -0.39 is 0 Å². The Morgan fingerprint density at radius 2 is 2.21 bits per heavy atom. The highest BCUT2D eigenvalue weighted by Crippen LogP contribution is 2.29. The lowest BCUT2D eigenvalue weighted by Crippen LogP contribution is -2.31. The summed E-state index contributed by atoms with van der Waals surface area (Å²) in [6, 6.07) is 3.02. The number of ether oxygens (including phenoxy) is 2. The van der Waals surface area contributed by atoms with Crippen molar-refractivity contribution in [2.24, 2.45) is 5.92 Å². The molecular formula is C15H22FNO2. The summed E-state index contributed by atoms with van der Waals surface area (Å²) in [4.78, 5) is 0. The third kappa shape index (κ3) is 3.67. The Bertz CT molecular complexity index is 417. The Kier molecular flexibility index (Phi) is 5.16. The minimum atomic E-state index is -0.269. The van der Waals surface area contributed by atoms with Crippen LogP contribution in [-0.4, -0.2) is 27.3 Å². The molecule has 106 valence electrons. The van der Waals surface area contributed by atoms with Crippen molar-refractivity contribution in [1.82, 2.24) is 5.32 Å². The SMILES string of the molecule is COCc1cc(F)cc(OC)c1CC1CCCNC1. The van der Waals surface area contributed by atoms with E-state index in [-0.39, 0.29) is 5.82 Å². The Morgan fingerprint density at radius 1 is 1.37 bits per heavy atom. The van der Waals surface area contributed by atoms with Crippen LogP contribution in [-0.2, 0) is 17.8 Å². The van der Waals surface area contributed by atoms with Crippen LogP contribution >= 0.6 is 0 Å². The Labute approximate surface area is 114 Å². The monoisotopic (exact) mass is 267 g/mol. The van der Waals surface area contributed by atoms with Gasteiger partial charge in [0.2, 0.25) is 0 Å². The van der Waals surface area contributed by atoms with Crippen molar-refractivity contribution in [2.45, 2.75) is 25.9 Å². The second-order valence-electron chi connectivity index (χ2n) is 5.10. The first-order valence-electron chi connectivity index (χ1n) is 6.79. The number of nitrogens with one attached hydrogen (secondary N) is 1. The Hall–Kier alpha value is -1.13. The normalized spacial score (nSPS) is 19.4. The fraction of sp³-hybridized carbons (Fsp3) is 0.600. The summed E-state index contributed by atoms with van der Waals surface area (Å²) in [6.07, 6.45) is 3.32. The van der Waals surface area contributed by atoms with Crippen molar-refractivity contribution in [3.63, 3.8) is 0 Å². The van der Waals surface area contributed by atoms with E-state index in [1.54, 1.807) is 20.3 Å². The lowest BCUT2D eigenvalue weighted by molar-refractivity contribution is 0.183. The van der Waals surface area contributed by atoms with Crippen molar-refractivity contribution in [3.8, 4) is 5.75 Å². The number of halogens is 1. The third-order valence-electron chi connectivity index (χ3n) is 3.68. The van der Waals surface area contributed by atoms with Gasteiger partial charge >= 0.3 is 0 Å². The van der Waals surface area contributed by atoms with E-state index in [0.29, 0.717) is 18.3 Å². The van der Waals surface area contributed by atoms with Gasteiger partial charge in [-0.2, -0.15) is 0 Å². The van der Waals surface area contributed by atoms with Crippen LogP contribution < -0.4 is 10.1 Å². The zero-order valence-electron chi connectivity index (χ0n) is 11.7. The molecule has 1 fully saturated rings. The van der Waals surface area contributed by atoms with Gasteiger partial charge in [0.15, 0.2) is 0 Å². The maximum absolute atomic E-state index is 13.5. The summed E-state index contributed by atoms with van der Waals surface area (Å²) in [6.45, 7) is 2.54. The summed E-state index contributed by atoms with van der Waals surface area (Å²) in [5.41, 5.74) is 1.98. The zero-order chi connectivity index (χ0) is 13.7. The highest BCUT2D eigenvalue weighted by Gasteiger charge is 2.19. The molecule has 1 heterocycles. The van der Waals surface area contributed by atoms with Crippen LogP contribution in [0.25, 0.3) is 0 Å². The second kappa shape index (κ2) is 6.87. The molecule has 1 unspecified atom stereocenters. The molecule has 0 aliphatic carbocycles. The molecule has 0 radical (unpaired) electrons. The predicted molar refractivity (Wildman–Crippen MR) is 73.0 cm³/mol. The van der Waals surface area contributed by atoms with Gasteiger partial charge in [0.25, 0.3) is 0 Å². The quantitative estimate of drug-likeness (QED) is 0.889. The molecule has 1 atom stereocenters. The van der Waals surface area contributed by atoms with Crippen LogP contribution in [0.3, 0.4) is 0 Å². The van der Waals surface area contributed by atoms with Crippen molar-refractivity contribution in [1.29, 1.82) is 0 Å². The van der Waals surface area contributed by atoms with Gasteiger partial charge < -0.3 is 14.8 Å². The fourth-order valence-electron chi connectivity index (χ4n) is 2.75. The number of piperidine rings is 1. The van der Waals surface area contributed by atoms with Crippen LogP contribution in [0, 0.1) is 11.7 Å². The van der Waals surface area contributed by atoms with Crippen molar-refractivity contribution in [2.75, 3.05) is 27.3 Å². The molecule has 4 heteroatoms. The first kappa shape index (κ1) is 14.3. The molecule has 1 aromatic rings. The van der Waals surface area contributed by atoms with Crippen molar-refractivity contribution >= 4 is 0 Å². The van der Waals surface area contributed by atoms with E-state index in [0.717, 1.165) is 30.6 Å². The van der Waals surface area contributed by atoms with Crippen molar-refractivity contribution in [3.05, 3.63) is 29.1 Å². The third-order valence-corrected chi connectivity index (χ3v) is 3.68. The highest BCUT2D eigenvalue weighted by atomic mass is 19.1. The summed E-state index contributed by atoms with van der Waals surface area (Å²) in [5.74, 6) is 0.954. The fourth-order valence-corrected chi connectivity index (χ4v) is 2.75. The second-order valence-corrected chi connectivity index (χ2v) is 5.10. The molecule has 1 N–H and O–H groups in total. The van der Waals surface area contributed by atoms with Gasteiger partial charge in [0.05, 0.1) is 13.7 Å². The molecular weight excluding hydrogens is 245 g/mol. The number of hydrogen-bond donors (Lipinski definition) is 1.